The van der Waals surface area contributed by atoms with E-state index >= 15 is 0 Å². The molecule has 15 heavy (non-hydrogen) atoms. The molecule has 0 aliphatic carbocycles. The van der Waals surface area contributed by atoms with Crippen molar-refractivity contribution in [3.05, 3.63) is 42.2 Å². The Kier molecular flexibility index (Phi) is 2.28. The highest BCUT2D eigenvalue weighted by Crippen LogP contribution is 2.20. The highest BCUT2D eigenvalue weighted by molar-refractivity contribution is 5.35. The zero-order valence-corrected chi connectivity index (χ0v) is 8.75. The summed E-state index contributed by atoms with van der Waals surface area (Å²) in [6, 6.07) is 7.58. The quantitative estimate of drug-likeness (QED) is 0.804. The van der Waals surface area contributed by atoms with Crippen LogP contribution in [0.1, 0.15) is 19.4 Å². The van der Waals surface area contributed by atoms with Crippen molar-refractivity contribution in [2.75, 3.05) is 0 Å². The van der Waals surface area contributed by atoms with Crippen LogP contribution in [0.3, 0.4) is 0 Å². The summed E-state index contributed by atoms with van der Waals surface area (Å²) in [6.07, 6.45) is 3.41. The summed E-state index contributed by atoms with van der Waals surface area (Å²) in [6.45, 7) is 3.52. The van der Waals surface area contributed by atoms with Gasteiger partial charge in [-0.05, 0) is 31.5 Å². The molecule has 0 saturated heterocycles. The van der Waals surface area contributed by atoms with Gasteiger partial charge in [0.15, 0.2) is 0 Å². The largest absolute Gasteiger partial charge is 0.386 e. The molecule has 0 amide bonds. The van der Waals surface area contributed by atoms with Crippen LogP contribution in [0.25, 0.3) is 5.69 Å². The van der Waals surface area contributed by atoms with Gasteiger partial charge in [0.1, 0.15) is 0 Å². The number of aromatic nitrogens is 3. The average molecular weight is 203 g/mol. The molecule has 0 fully saturated rings. The highest BCUT2D eigenvalue weighted by Gasteiger charge is 2.15. The van der Waals surface area contributed by atoms with Gasteiger partial charge in [-0.15, -0.1) is 5.10 Å². The van der Waals surface area contributed by atoms with Gasteiger partial charge in [-0.1, -0.05) is 17.3 Å². The molecule has 2 aromatic rings. The second-order valence-electron chi connectivity index (χ2n) is 3.95. The molecule has 2 rings (SSSR count). The first-order chi connectivity index (χ1) is 7.07. The molecule has 78 valence electrons. The van der Waals surface area contributed by atoms with Gasteiger partial charge in [0, 0.05) is 0 Å². The Labute approximate surface area is 88.2 Å². The molecule has 0 radical (unpaired) electrons. The molecule has 0 aliphatic heterocycles. The van der Waals surface area contributed by atoms with Gasteiger partial charge in [-0.3, -0.25) is 0 Å². The monoisotopic (exact) mass is 203 g/mol. The Morgan fingerprint density at radius 2 is 1.87 bits per heavy atom. The lowest BCUT2D eigenvalue weighted by atomic mass is 9.98. The van der Waals surface area contributed by atoms with E-state index in [9.17, 15) is 5.11 Å². The van der Waals surface area contributed by atoms with Crippen LogP contribution in [0.15, 0.2) is 36.7 Å². The molecule has 1 heterocycles. The highest BCUT2D eigenvalue weighted by atomic mass is 16.3. The zero-order chi connectivity index (χ0) is 10.9. The Bertz CT molecular complexity index is 426. The fraction of sp³-hybridized carbons (Fsp3) is 0.273. The van der Waals surface area contributed by atoms with Crippen molar-refractivity contribution < 1.29 is 5.11 Å². The van der Waals surface area contributed by atoms with E-state index < -0.39 is 5.60 Å². The molecule has 0 saturated carbocycles. The van der Waals surface area contributed by atoms with Crippen LogP contribution in [-0.2, 0) is 5.60 Å². The van der Waals surface area contributed by atoms with Crippen LogP contribution in [0.2, 0.25) is 0 Å². The smallest absolute Gasteiger partial charge is 0.0840 e. The number of nitrogens with zero attached hydrogens (tertiary/aromatic N) is 3. The van der Waals surface area contributed by atoms with Crippen LogP contribution in [0, 0.1) is 0 Å². The fourth-order valence-corrected chi connectivity index (χ4v) is 1.37. The predicted octanol–water partition coefficient (Wildman–Crippen LogP) is 1.49. The van der Waals surface area contributed by atoms with E-state index in [1.54, 1.807) is 30.9 Å². The molecular weight excluding hydrogens is 190 g/mol. The first-order valence-corrected chi connectivity index (χ1v) is 4.77. The third kappa shape index (κ3) is 2.05. The second kappa shape index (κ2) is 3.47. The lowest BCUT2D eigenvalue weighted by Gasteiger charge is -2.17. The van der Waals surface area contributed by atoms with E-state index in [1.165, 1.54) is 0 Å². The SMILES string of the molecule is CC(C)(O)c1ccc(-n2ccnn2)cc1. The van der Waals surface area contributed by atoms with Gasteiger partial charge in [0.25, 0.3) is 0 Å². The number of hydrogen-bond acceptors (Lipinski definition) is 3. The van der Waals surface area contributed by atoms with Gasteiger partial charge in [0.2, 0.25) is 0 Å². The normalized spacial score (nSPS) is 11.7. The molecule has 0 unspecified atom stereocenters. The number of benzene rings is 1. The van der Waals surface area contributed by atoms with Crippen LogP contribution < -0.4 is 0 Å². The molecule has 0 spiro atoms. The minimum absolute atomic E-state index is 0.805. The van der Waals surface area contributed by atoms with E-state index in [4.69, 9.17) is 0 Å². The molecule has 1 N–H and O–H groups in total. The average Bonchev–Trinajstić information content (AvgIpc) is 2.69. The van der Waals surface area contributed by atoms with Crippen LogP contribution in [-0.4, -0.2) is 20.1 Å². The summed E-state index contributed by atoms with van der Waals surface area (Å²) in [5.41, 5.74) is 1.01. The summed E-state index contributed by atoms with van der Waals surface area (Å²) in [5.74, 6) is 0. The van der Waals surface area contributed by atoms with Gasteiger partial charge >= 0.3 is 0 Å². The van der Waals surface area contributed by atoms with Crippen molar-refractivity contribution in [1.82, 2.24) is 15.0 Å². The molecular formula is C11H13N3O. The lowest BCUT2D eigenvalue weighted by Crippen LogP contribution is -2.15. The van der Waals surface area contributed by atoms with Gasteiger partial charge in [-0.2, -0.15) is 0 Å². The Balaban J connectivity index is 2.33. The second-order valence-corrected chi connectivity index (χ2v) is 3.95. The first-order valence-electron chi connectivity index (χ1n) is 4.77. The summed E-state index contributed by atoms with van der Waals surface area (Å²) in [7, 11) is 0. The molecule has 1 aromatic carbocycles. The van der Waals surface area contributed by atoms with Crippen molar-refractivity contribution in [3.8, 4) is 5.69 Å². The van der Waals surface area contributed by atoms with E-state index in [0.29, 0.717) is 0 Å². The molecule has 4 heteroatoms. The summed E-state index contributed by atoms with van der Waals surface area (Å²) >= 11 is 0. The van der Waals surface area contributed by atoms with E-state index in [0.717, 1.165) is 11.3 Å². The van der Waals surface area contributed by atoms with Crippen LogP contribution >= 0.6 is 0 Å². The topological polar surface area (TPSA) is 50.9 Å². The van der Waals surface area contributed by atoms with Gasteiger partial charge in [-0.25, -0.2) is 4.68 Å². The molecule has 1 aromatic heterocycles. The molecule has 0 bridgehead atoms. The van der Waals surface area contributed by atoms with E-state index in [2.05, 4.69) is 10.3 Å². The Hall–Kier alpha value is -1.68. The fourth-order valence-electron chi connectivity index (χ4n) is 1.37. The molecule has 0 aliphatic rings. The van der Waals surface area contributed by atoms with Gasteiger partial charge in [0.05, 0.1) is 23.7 Å². The van der Waals surface area contributed by atoms with Crippen LogP contribution in [0.4, 0.5) is 0 Å². The Morgan fingerprint density at radius 3 is 2.33 bits per heavy atom. The standard InChI is InChI=1S/C11H13N3O/c1-11(2,15)9-3-5-10(6-4-9)14-8-7-12-13-14/h3-8,15H,1-2H3. The van der Waals surface area contributed by atoms with Crippen molar-refractivity contribution in [2.45, 2.75) is 19.4 Å². The minimum Gasteiger partial charge on any atom is -0.386 e. The molecule has 4 nitrogen and oxygen atoms in total. The first kappa shape index (κ1) is 9.86. The number of hydrogen-bond donors (Lipinski definition) is 1. The van der Waals surface area contributed by atoms with Crippen molar-refractivity contribution in [2.24, 2.45) is 0 Å². The summed E-state index contributed by atoms with van der Waals surface area (Å²) in [4.78, 5) is 0. The zero-order valence-electron chi connectivity index (χ0n) is 8.75. The predicted molar refractivity (Wildman–Crippen MR) is 56.6 cm³/mol. The van der Waals surface area contributed by atoms with Crippen molar-refractivity contribution in [3.63, 3.8) is 0 Å². The maximum atomic E-state index is 9.78. The van der Waals surface area contributed by atoms with Crippen LogP contribution in [0.5, 0.6) is 0 Å². The summed E-state index contributed by atoms with van der Waals surface area (Å²) in [5, 5.41) is 17.4. The lowest BCUT2D eigenvalue weighted by molar-refractivity contribution is 0.0786. The van der Waals surface area contributed by atoms with Crippen molar-refractivity contribution >= 4 is 0 Å². The third-order valence-corrected chi connectivity index (χ3v) is 2.26. The molecule has 0 atom stereocenters. The van der Waals surface area contributed by atoms with E-state index in [1.807, 2.05) is 24.3 Å². The number of aliphatic hydroxyl groups is 1. The summed E-state index contributed by atoms with van der Waals surface area (Å²) < 4.78 is 1.67. The Morgan fingerprint density at radius 1 is 1.20 bits per heavy atom. The minimum atomic E-state index is -0.805. The maximum absolute atomic E-state index is 9.78. The third-order valence-electron chi connectivity index (χ3n) is 2.26. The number of rotatable bonds is 2. The van der Waals surface area contributed by atoms with Gasteiger partial charge < -0.3 is 5.11 Å². The van der Waals surface area contributed by atoms with E-state index in [-0.39, 0.29) is 0 Å². The maximum Gasteiger partial charge on any atom is 0.0840 e. The van der Waals surface area contributed by atoms with Crippen molar-refractivity contribution in [1.29, 1.82) is 0 Å².